The van der Waals surface area contributed by atoms with Gasteiger partial charge in [-0.1, -0.05) is 0 Å². The molecule has 2 amide bonds. The number of anilines is 2. The van der Waals surface area contributed by atoms with E-state index in [1.807, 2.05) is 0 Å². The fraction of sp³-hybridized carbons (Fsp3) is 0.391. The molecule has 0 aliphatic carbocycles. The lowest BCUT2D eigenvalue weighted by atomic mass is 10.1. The number of halogens is 1. The number of fused-ring (bicyclic) bond motifs is 1. The van der Waals surface area contributed by atoms with Crippen LogP contribution in [0.3, 0.4) is 0 Å². The zero-order valence-corrected chi connectivity index (χ0v) is 20.4. The SMILES string of the molecule is CC(=O)NCC1Oc2ccc(NC(=O)OC(C)(C)C)cc2N(S(=O)(=O)c2ccc(F)cc2)[C@H]1C. The molecular formula is C23H28FN3O6S. The second-order valence-corrected chi connectivity index (χ2v) is 10.7. The van der Waals surface area contributed by atoms with E-state index in [4.69, 9.17) is 9.47 Å². The highest BCUT2D eigenvalue weighted by Crippen LogP contribution is 2.41. The van der Waals surface area contributed by atoms with E-state index < -0.39 is 39.7 Å². The van der Waals surface area contributed by atoms with Crippen molar-refractivity contribution in [3.8, 4) is 5.75 Å². The monoisotopic (exact) mass is 493 g/mol. The smallest absolute Gasteiger partial charge is 0.412 e. The average Bonchev–Trinajstić information content (AvgIpc) is 2.71. The molecule has 34 heavy (non-hydrogen) atoms. The zero-order valence-electron chi connectivity index (χ0n) is 19.6. The number of nitrogens with one attached hydrogen (secondary N) is 2. The number of carbonyl (C=O) groups excluding carboxylic acids is 2. The Balaban J connectivity index is 2.04. The number of benzene rings is 2. The first-order valence-electron chi connectivity index (χ1n) is 10.6. The predicted octanol–water partition coefficient (Wildman–Crippen LogP) is 3.65. The van der Waals surface area contributed by atoms with E-state index in [1.165, 1.54) is 31.2 Å². The highest BCUT2D eigenvalue weighted by Gasteiger charge is 2.40. The maximum absolute atomic E-state index is 13.6. The Hall–Kier alpha value is -3.34. The van der Waals surface area contributed by atoms with Crippen molar-refractivity contribution in [3.05, 3.63) is 48.3 Å². The number of hydrogen-bond donors (Lipinski definition) is 2. The first-order valence-corrected chi connectivity index (χ1v) is 12.1. The second kappa shape index (κ2) is 9.49. The van der Waals surface area contributed by atoms with Gasteiger partial charge in [0.1, 0.15) is 23.3 Å². The molecule has 184 valence electrons. The van der Waals surface area contributed by atoms with Crippen LogP contribution in [-0.2, 0) is 19.6 Å². The Labute approximate surface area is 198 Å². The number of hydrogen-bond acceptors (Lipinski definition) is 6. The Morgan fingerprint density at radius 1 is 1.15 bits per heavy atom. The molecule has 9 nitrogen and oxygen atoms in total. The third-order valence-electron chi connectivity index (χ3n) is 4.95. The fourth-order valence-electron chi connectivity index (χ4n) is 3.45. The summed E-state index contributed by atoms with van der Waals surface area (Å²) in [5.74, 6) is -0.609. The molecule has 1 aliphatic rings. The largest absolute Gasteiger partial charge is 0.484 e. The van der Waals surface area contributed by atoms with Crippen molar-refractivity contribution in [2.75, 3.05) is 16.2 Å². The molecular weight excluding hydrogens is 465 g/mol. The van der Waals surface area contributed by atoms with Gasteiger partial charge in [0.2, 0.25) is 5.91 Å². The first kappa shape index (κ1) is 25.3. The van der Waals surface area contributed by atoms with Crippen molar-refractivity contribution in [1.29, 1.82) is 0 Å². The van der Waals surface area contributed by atoms with Gasteiger partial charge in [-0.05, 0) is 70.2 Å². The molecule has 1 aliphatic heterocycles. The summed E-state index contributed by atoms with van der Waals surface area (Å²) < 4.78 is 53.1. The summed E-state index contributed by atoms with van der Waals surface area (Å²) in [6.45, 7) is 8.24. The van der Waals surface area contributed by atoms with Crippen molar-refractivity contribution in [2.45, 2.75) is 57.3 Å². The molecule has 0 saturated carbocycles. The number of nitrogens with zero attached hydrogens (tertiary/aromatic N) is 1. The van der Waals surface area contributed by atoms with Gasteiger partial charge in [-0.15, -0.1) is 0 Å². The van der Waals surface area contributed by atoms with Crippen LogP contribution in [-0.4, -0.2) is 44.7 Å². The highest BCUT2D eigenvalue weighted by atomic mass is 32.2. The highest BCUT2D eigenvalue weighted by molar-refractivity contribution is 7.92. The number of amides is 2. The van der Waals surface area contributed by atoms with Gasteiger partial charge >= 0.3 is 6.09 Å². The summed E-state index contributed by atoms with van der Waals surface area (Å²) in [7, 11) is -4.16. The number of ether oxygens (including phenoxy) is 2. The first-order chi connectivity index (χ1) is 15.8. The standard InChI is InChI=1S/C23H28FN3O6S/c1-14-21(13-25-15(2)28)32-20-11-8-17(26-22(29)33-23(3,4)5)12-19(20)27(14)34(30,31)18-9-6-16(24)7-10-18/h6-12,14,21H,13H2,1-5H3,(H,25,28)(H,26,29)/t14-,21?/m0/s1. The Morgan fingerprint density at radius 3 is 2.38 bits per heavy atom. The average molecular weight is 494 g/mol. The van der Waals surface area contributed by atoms with Crippen LogP contribution < -0.4 is 19.7 Å². The third kappa shape index (κ3) is 5.77. The van der Waals surface area contributed by atoms with Gasteiger partial charge in [-0.2, -0.15) is 0 Å². The molecule has 11 heteroatoms. The minimum absolute atomic E-state index is 0.0727. The lowest BCUT2D eigenvalue weighted by Gasteiger charge is -2.41. The lowest BCUT2D eigenvalue weighted by Crippen LogP contribution is -2.54. The number of sulfonamides is 1. The molecule has 1 unspecified atom stereocenters. The molecule has 2 N–H and O–H groups in total. The summed E-state index contributed by atoms with van der Waals surface area (Å²) in [4.78, 5) is 23.5. The Morgan fingerprint density at radius 2 is 1.79 bits per heavy atom. The quantitative estimate of drug-likeness (QED) is 0.657. The fourth-order valence-corrected chi connectivity index (χ4v) is 5.13. The van der Waals surface area contributed by atoms with Gasteiger partial charge in [0.15, 0.2) is 0 Å². The van der Waals surface area contributed by atoms with E-state index in [0.717, 1.165) is 16.4 Å². The lowest BCUT2D eigenvalue weighted by molar-refractivity contribution is -0.119. The minimum atomic E-state index is -4.16. The Kier molecular flexibility index (Phi) is 7.06. The summed E-state index contributed by atoms with van der Waals surface area (Å²) in [5, 5.41) is 5.24. The van der Waals surface area contributed by atoms with Gasteiger partial charge in [-0.25, -0.2) is 17.6 Å². The third-order valence-corrected chi connectivity index (χ3v) is 6.87. The van der Waals surface area contributed by atoms with Crippen LogP contribution in [0.15, 0.2) is 47.4 Å². The molecule has 0 bridgehead atoms. The molecule has 0 fully saturated rings. The summed E-state index contributed by atoms with van der Waals surface area (Å²) in [6, 6.07) is 8.29. The van der Waals surface area contributed by atoms with Crippen LogP contribution >= 0.6 is 0 Å². The van der Waals surface area contributed by atoms with E-state index >= 15 is 0 Å². The number of rotatable bonds is 5. The molecule has 0 spiro atoms. The van der Waals surface area contributed by atoms with Gasteiger partial charge in [-0.3, -0.25) is 14.4 Å². The summed E-state index contributed by atoms with van der Waals surface area (Å²) in [6.07, 6.45) is -1.40. The van der Waals surface area contributed by atoms with E-state index in [2.05, 4.69) is 10.6 Å². The van der Waals surface area contributed by atoms with Gasteiger partial charge in [0.25, 0.3) is 10.0 Å². The van der Waals surface area contributed by atoms with E-state index in [9.17, 15) is 22.4 Å². The van der Waals surface area contributed by atoms with Gasteiger partial charge < -0.3 is 14.8 Å². The molecule has 0 aromatic heterocycles. The van der Waals surface area contributed by atoms with Crippen molar-refractivity contribution in [1.82, 2.24) is 5.32 Å². The zero-order chi connectivity index (χ0) is 25.3. The van der Waals surface area contributed by atoms with E-state index in [0.29, 0.717) is 5.69 Å². The van der Waals surface area contributed by atoms with E-state index in [-0.39, 0.29) is 28.8 Å². The molecule has 1 heterocycles. The van der Waals surface area contributed by atoms with Crippen LogP contribution in [0.2, 0.25) is 0 Å². The van der Waals surface area contributed by atoms with Crippen LogP contribution in [0.5, 0.6) is 5.75 Å². The van der Waals surface area contributed by atoms with Crippen molar-refractivity contribution in [3.63, 3.8) is 0 Å². The van der Waals surface area contributed by atoms with Crippen molar-refractivity contribution < 1.29 is 31.9 Å². The van der Waals surface area contributed by atoms with Crippen LogP contribution in [0, 0.1) is 5.82 Å². The predicted molar refractivity (Wildman–Crippen MR) is 125 cm³/mol. The maximum atomic E-state index is 13.6. The normalized spacial score (nSPS) is 17.9. The van der Waals surface area contributed by atoms with E-state index in [1.54, 1.807) is 33.8 Å². The van der Waals surface area contributed by atoms with Crippen molar-refractivity contribution in [2.24, 2.45) is 0 Å². The number of carbonyl (C=O) groups is 2. The topological polar surface area (TPSA) is 114 Å². The molecule has 0 radical (unpaired) electrons. The molecule has 3 rings (SSSR count). The molecule has 2 aromatic rings. The van der Waals surface area contributed by atoms with Gasteiger partial charge in [0, 0.05) is 12.6 Å². The maximum Gasteiger partial charge on any atom is 0.412 e. The van der Waals surface area contributed by atoms with Crippen LogP contribution in [0.4, 0.5) is 20.6 Å². The molecule has 0 saturated heterocycles. The molecule has 2 aromatic carbocycles. The molecule has 2 atom stereocenters. The Bertz CT molecular complexity index is 1180. The van der Waals surface area contributed by atoms with Crippen LogP contribution in [0.1, 0.15) is 34.6 Å². The van der Waals surface area contributed by atoms with Gasteiger partial charge in [0.05, 0.1) is 23.2 Å². The second-order valence-electron chi connectivity index (χ2n) is 8.90. The minimum Gasteiger partial charge on any atom is -0.484 e. The van der Waals surface area contributed by atoms with Crippen LogP contribution in [0.25, 0.3) is 0 Å². The van der Waals surface area contributed by atoms with Crippen molar-refractivity contribution >= 4 is 33.4 Å². The summed E-state index contributed by atoms with van der Waals surface area (Å²) in [5.41, 5.74) is -0.238. The summed E-state index contributed by atoms with van der Waals surface area (Å²) >= 11 is 0.